The van der Waals surface area contributed by atoms with E-state index in [1.165, 1.54) is 12.1 Å². The maximum atomic E-state index is 13.3. The molecule has 3 N–H and O–H groups in total. The Morgan fingerprint density at radius 3 is 2.41 bits per heavy atom. The molecule has 5 heteroatoms. The van der Waals surface area contributed by atoms with E-state index in [1.54, 1.807) is 7.11 Å². The SMILES string of the molecule is COc1ccc(C(C)(C)NC(=O)c2cc(F)ccc2N)cc1. The van der Waals surface area contributed by atoms with E-state index >= 15 is 0 Å². The molecule has 2 aromatic rings. The summed E-state index contributed by atoms with van der Waals surface area (Å²) in [5.41, 5.74) is 6.37. The Labute approximate surface area is 129 Å². The van der Waals surface area contributed by atoms with Crippen molar-refractivity contribution < 1.29 is 13.9 Å². The lowest BCUT2D eigenvalue weighted by Crippen LogP contribution is -2.41. The molecule has 0 fully saturated rings. The summed E-state index contributed by atoms with van der Waals surface area (Å²) in [7, 11) is 1.59. The molecule has 0 aliphatic carbocycles. The van der Waals surface area contributed by atoms with Gasteiger partial charge in [0.05, 0.1) is 18.2 Å². The van der Waals surface area contributed by atoms with E-state index in [0.717, 1.165) is 17.4 Å². The number of amides is 1. The van der Waals surface area contributed by atoms with Crippen molar-refractivity contribution >= 4 is 11.6 Å². The molecule has 0 aliphatic rings. The molecule has 0 aliphatic heterocycles. The van der Waals surface area contributed by atoms with Crippen molar-refractivity contribution in [2.24, 2.45) is 0 Å². The van der Waals surface area contributed by atoms with Crippen molar-refractivity contribution in [3.05, 3.63) is 59.4 Å². The molecule has 2 aromatic carbocycles. The summed E-state index contributed by atoms with van der Waals surface area (Å²) in [4.78, 5) is 12.3. The smallest absolute Gasteiger partial charge is 0.254 e. The van der Waals surface area contributed by atoms with E-state index in [-0.39, 0.29) is 11.3 Å². The Kier molecular flexibility index (Phi) is 4.35. The van der Waals surface area contributed by atoms with E-state index in [0.29, 0.717) is 0 Å². The number of ether oxygens (including phenoxy) is 1. The number of halogens is 1. The first-order valence-corrected chi connectivity index (χ1v) is 6.85. The number of nitrogens with two attached hydrogens (primary N) is 1. The average molecular weight is 302 g/mol. The molecule has 22 heavy (non-hydrogen) atoms. The van der Waals surface area contributed by atoms with Gasteiger partial charge >= 0.3 is 0 Å². The van der Waals surface area contributed by atoms with Crippen molar-refractivity contribution in [1.82, 2.24) is 5.32 Å². The Morgan fingerprint density at radius 2 is 1.82 bits per heavy atom. The molecule has 0 bridgehead atoms. The van der Waals surface area contributed by atoms with Crippen LogP contribution in [0.15, 0.2) is 42.5 Å². The number of carbonyl (C=O) groups is 1. The van der Waals surface area contributed by atoms with Crippen LogP contribution in [0.25, 0.3) is 0 Å². The van der Waals surface area contributed by atoms with Crippen LogP contribution in [0.3, 0.4) is 0 Å². The number of nitrogen functional groups attached to an aromatic ring is 1. The fraction of sp³-hybridized carbons (Fsp3) is 0.235. The number of nitrogens with one attached hydrogen (secondary N) is 1. The lowest BCUT2D eigenvalue weighted by Gasteiger charge is -2.27. The summed E-state index contributed by atoms with van der Waals surface area (Å²) >= 11 is 0. The van der Waals surface area contributed by atoms with Crippen LogP contribution in [0.1, 0.15) is 29.8 Å². The van der Waals surface area contributed by atoms with Gasteiger partial charge in [0.1, 0.15) is 11.6 Å². The van der Waals surface area contributed by atoms with Crippen LogP contribution in [0, 0.1) is 5.82 Å². The summed E-state index contributed by atoms with van der Waals surface area (Å²) < 4.78 is 18.4. The summed E-state index contributed by atoms with van der Waals surface area (Å²) in [6, 6.07) is 11.1. The monoisotopic (exact) mass is 302 g/mol. The summed E-state index contributed by atoms with van der Waals surface area (Å²) in [5.74, 6) is -0.181. The van der Waals surface area contributed by atoms with Crippen LogP contribution in [0.2, 0.25) is 0 Å². The standard InChI is InChI=1S/C17H19FN2O2/c1-17(2,11-4-7-13(22-3)8-5-11)20-16(21)14-10-12(18)6-9-15(14)19/h4-10H,19H2,1-3H3,(H,20,21). The minimum absolute atomic E-state index is 0.126. The normalized spacial score (nSPS) is 11.1. The number of methoxy groups -OCH3 is 1. The highest BCUT2D eigenvalue weighted by Crippen LogP contribution is 2.24. The van der Waals surface area contributed by atoms with Gasteiger partial charge in [-0.1, -0.05) is 12.1 Å². The highest BCUT2D eigenvalue weighted by molar-refractivity contribution is 5.99. The second-order valence-electron chi connectivity index (χ2n) is 5.54. The Bertz CT molecular complexity index is 682. The summed E-state index contributed by atoms with van der Waals surface area (Å²) in [5, 5.41) is 2.87. The third-order valence-electron chi connectivity index (χ3n) is 3.50. The van der Waals surface area contributed by atoms with Gasteiger partial charge in [0.25, 0.3) is 5.91 Å². The number of hydrogen-bond donors (Lipinski definition) is 2. The zero-order valence-electron chi connectivity index (χ0n) is 12.8. The van der Waals surface area contributed by atoms with Gasteiger partial charge in [-0.3, -0.25) is 4.79 Å². The Morgan fingerprint density at radius 1 is 1.18 bits per heavy atom. The van der Waals surface area contributed by atoms with Crippen molar-refractivity contribution in [3.63, 3.8) is 0 Å². The molecule has 0 unspecified atom stereocenters. The van der Waals surface area contributed by atoms with E-state index in [2.05, 4.69) is 5.32 Å². The molecule has 1 amide bonds. The minimum Gasteiger partial charge on any atom is -0.497 e. The molecule has 2 rings (SSSR count). The number of hydrogen-bond acceptors (Lipinski definition) is 3. The molecule has 0 heterocycles. The van der Waals surface area contributed by atoms with Crippen molar-refractivity contribution in [2.45, 2.75) is 19.4 Å². The molecule has 0 aromatic heterocycles. The maximum absolute atomic E-state index is 13.3. The fourth-order valence-corrected chi connectivity index (χ4v) is 2.16. The van der Waals surface area contributed by atoms with Crippen LogP contribution in [0.5, 0.6) is 5.75 Å². The average Bonchev–Trinajstić information content (AvgIpc) is 2.49. The molecule has 0 spiro atoms. The van der Waals surface area contributed by atoms with Gasteiger partial charge in [-0.05, 0) is 49.7 Å². The topological polar surface area (TPSA) is 64.3 Å². The van der Waals surface area contributed by atoms with Crippen LogP contribution in [-0.4, -0.2) is 13.0 Å². The van der Waals surface area contributed by atoms with Crippen LogP contribution >= 0.6 is 0 Å². The number of rotatable bonds is 4. The van der Waals surface area contributed by atoms with E-state index in [1.807, 2.05) is 38.1 Å². The van der Waals surface area contributed by atoms with Gasteiger partial charge in [0.2, 0.25) is 0 Å². The maximum Gasteiger partial charge on any atom is 0.254 e. The van der Waals surface area contributed by atoms with Gasteiger partial charge < -0.3 is 15.8 Å². The zero-order valence-corrected chi connectivity index (χ0v) is 12.8. The van der Waals surface area contributed by atoms with Crippen molar-refractivity contribution in [1.29, 1.82) is 0 Å². The fourth-order valence-electron chi connectivity index (χ4n) is 2.16. The van der Waals surface area contributed by atoms with Gasteiger partial charge in [0.15, 0.2) is 0 Å². The largest absolute Gasteiger partial charge is 0.497 e. The zero-order chi connectivity index (χ0) is 16.3. The quantitative estimate of drug-likeness (QED) is 0.853. The highest BCUT2D eigenvalue weighted by atomic mass is 19.1. The molecule has 116 valence electrons. The molecular weight excluding hydrogens is 283 g/mol. The van der Waals surface area contributed by atoms with Crippen molar-refractivity contribution in [2.75, 3.05) is 12.8 Å². The minimum atomic E-state index is -0.637. The van der Waals surface area contributed by atoms with E-state index < -0.39 is 17.3 Å². The van der Waals surface area contributed by atoms with Crippen LogP contribution < -0.4 is 15.8 Å². The van der Waals surface area contributed by atoms with Gasteiger partial charge in [-0.25, -0.2) is 4.39 Å². The Balaban J connectivity index is 2.23. The second-order valence-corrected chi connectivity index (χ2v) is 5.54. The first-order chi connectivity index (χ1) is 10.3. The molecule has 0 saturated heterocycles. The predicted octanol–water partition coefficient (Wildman–Crippen LogP) is 3.08. The third kappa shape index (κ3) is 3.36. The lowest BCUT2D eigenvalue weighted by molar-refractivity contribution is 0.0912. The Hall–Kier alpha value is -2.56. The number of anilines is 1. The van der Waals surface area contributed by atoms with Crippen molar-refractivity contribution in [3.8, 4) is 5.75 Å². The highest BCUT2D eigenvalue weighted by Gasteiger charge is 2.24. The van der Waals surface area contributed by atoms with Gasteiger partial charge in [0, 0.05) is 5.69 Å². The molecule has 0 saturated carbocycles. The molecule has 4 nitrogen and oxygen atoms in total. The van der Waals surface area contributed by atoms with Gasteiger partial charge in [-0.2, -0.15) is 0 Å². The van der Waals surface area contributed by atoms with Gasteiger partial charge in [-0.15, -0.1) is 0 Å². The first kappa shape index (κ1) is 15.8. The number of benzene rings is 2. The summed E-state index contributed by atoms with van der Waals surface area (Å²) in [6.07, 6.45) is 0. The molecule has 0 atom stereocenters. The van der Waals surface area contributed by atoms with E-state index in [4.69, 9.17) is 10.5 Å². The summed E-state index contributed by atoms with van der Waals surface area (Å²) in [6.45, 7) is 3.73. The molecular formula is C17H19FN2O2. The third-order valence-corrected chi connectivity index (χ3v) is 3.50. The number of carbonyl (C=O) groups excluding carboxylic acids is 1. The van der Waals surface area contributed by atoms with Crippen LogP contribution in [0.4, 0.5) is 10.1 Å². The molecule has 0 radical (unpaired) electrons. The predicted molar refractivity (Wildman–Crippen MR) is 84.3 cm³/mol. The second kappa shape index (κ2) is 6.05. The van der Waals surface area contributed by atoms with E-state index in [9.17, 15) is 9.18 Å². The van der Waals surface area contributed by atoms with Crippen LogP contribution in [-0.2, 0) is 5.54 Å². The lowest BCUT2D eigenvalue weighted by atomic mass is 9.93. The first-order valence-electron chi connectivity index (χ1n) is 6.85.